The van der Waals surface area contributed by atoms with Gasteiger partial charge in [0.1, 0.15) is 0 Å². The van der Waals surface area contributed by atoms with Gasteiger partial charge in [0, 0.05) is 31.7 Å². The summed E-state index contributed by atoms with van der Waals surface area (Å²) in [5.41, 5.74) is 1.29. The summed E-state index contributed by atoms with van der Waals surface area (Å²) in [6.07, 6.45) is 6.88. The first kappa shape index (κ1) is 19.0. The van der Waals surface area contributed by atoms with E-state index in [0.717, 1.165) is 25.1 Å². The molecule has 0 spiro atoms. The maximum atomic E-state index is 4.72. The predicted octanol–water partition coefficient (Wildman–Crippen LogP) is 3.44. The van der Waals surface area contributed by atoms with Crippen molar-refractivity contribution in [2.75, 3.05) is 19.6 Å². The number of rotatable bonds is 5. The number of halogens is 1. The van der Waals surface area contributed by atoms with Crippen molar-refractivity contribution in [3.05, 3.63) is 22.4 Å². The zero-order chi connectivity index (χ0) is 15.2. The van der Waals surface area contributed by atoms with Gasteiger partial charge in [0.2, 0.25) is 0 Å². The highest BCUT2D eigenvalue weighted by Gasteiger charge is 2.30. The van der Waals surface area contributed by atoms with E-state index in [0.29, 0.717) is 6.04 Å². The van der Waals surface area contributed by atoms with Crippen molar-refractivity contribution in [3.63, 3.8) is 0 Å². The Morgan fingerprint density at radius 3 is 2.87 bits per heavy atom. The van der Waals surface area contributed by atoms with E-state index in [9.17, 15) is 0 Å². The third-order valence-corrected chi connectivity index (χ3v) is 5.48. The molecule has 0 bridgehead atoms. The van der Waals surface area contributed by atoms with Crippen LogP contribution in [-0.2, 0) is 6.54 Å². The first-order valence-electron chi connectivity index (χ1n) is 8.65. The second-order valence-electron chi connectivity index (χ2n) is 6.39. The van der Waals surface area contributed by atoms with Crippen LogP contribution in [0, 0.1) is 0 Å². The van der Waals surface area contributed by atoms with E-state index < -0.39 is 0 Å². The minimum absolute atomic E-state index is 0. The molecule has 1 saturated heterocycles. The van der Waals surface area contributed by atoms with Crippen LogP contribution in [0.5, 0.6) is 0 Å². The molecule has 2 heterocycles. The van der Waals surface area contributed by atoms with E-state index in [1.165, 1.54) is 50.8 Å². The normalized spacial score (nSPS) is 23.0. The molecule has 1 aromatic rings. The second-order valence-corrected chi connectivity index (χ2v) is 7.17. The van der Waals surface area contributed by atoms with Crippen LogP contribution < -0.4 is 10.6 Å². The van der Waals surface area contributed by atoms with Crippen molar-refractivity contribution < 1.29 is 0 Å². The number of nitrogens with zero attached hydrogens (tertiary/aromatic N) is 2. The molecule has 1 aliphatic carbocycles. The molecule has 1 aromatic heterocycles. The first-order valence-corrected chi connectivity index (χ1v) is 9.59. The average Bonchev–Trinajstić information content (AvgIpc) is 3.26. The monoisotopic (exact) mass is 448 g/mol. The predicted molar refractivity (Wildman–Crippen MR) is 110 cm³/mol. The zero-order valence-electron chi connectivity index (χ0n) is 14.0. The molecular formula is C17H29IN4S. The number of hydrogen-bond acceptors (Lipinski definition) is 3. The minimum Gasteiger partial charge on any atom is -0.357 e. The molecule has 0 amide bonds. The average molecular weight is 448 g/mol. The van der Waals surface area contributed by atoms with Crippen molar-refractivity contribution >= 4 is 41.3 Å². The molecule has 1 saturated carbocycles. The minimum atomic E-state index is 0. The van der Waals surface area contributed by atoms with Crippen molar-refractivity contribution in [1.29, 1.82) is 0 Å². The Bertz CT molecular complexity index is 471. The van der Waals surface area contributed by atoms with Crippen LogP contribution in [0.3, 0.4) is 0 Å². The molecule has 1 aliphatic heterocycles. The molecule has 130 valence electrons. The highest BCUT2D eigenvalue weighted by atomic mass is 127. The molecule has 2 aliphatic rings. The van der Waals surface area contributed by atoms with Crippen LogP contribution in [0.4, 0.5) is 0 Å². The highest BCUT2D eigenvalue weighted by molar-refractivity contribution is 14.0. The molecule has 4 nitrogen and oxygen atoms in total. The summed E-state index contributed by atoms with van der Waals surface area (Å²) in [4.78, 5) is 7.41. The highest BCUT2D eigenvalue weighted by Crippen LogP contribution is 2.26. The van der Waals surface area contributed by atoms with Crippen molar-refractivity contribution in [3.8, 4) is 0 Å². The number of hydrogen-bond donors (Lipinski definition) is 2. The third kappa shape index (κ3) is 5.60. The summed E-state index contributed by atoms with van der Waals surface area (Å²) in [5.74, 6) is 0.965. The van der Waals surface area contributed by atoms with Crippen molar-refractivity contribution in [2.45, 2.75) is 57.7 Å². The van der Waals surface area contributed by atoms with E-state index in [-0.39, 0.29) is 24.0 Å². The lowest BCUT2D eigenvalue weighted by Crippen LogP contribution is -2.45. The topological polar surface area (TPSA) is 39.7 Å². The van der Waals surface area contributed by atoms with Gasteiger partial charge < -0.3 is 10.6 Å². The van der Waals surface area contributed by atoms with Gasteiger partial charge in [-0.25, -0.2) is 4.99 Å². The SMILES string of the molecule is CCNC(=NCc1ccsc1)NC1CCN(C2CCCC2)C1.I. The Morgan fingerprint density at radius 1 is 1.35 bits per heavy atom. The van der Waals surface area contributed by atoms with Crippen LogP contribution in [0.1, 0.15) is 44.6 Å². The van der Waals surface area contributed by atoms with Gasteiger partial charge in [0.25, 0.3) is 0 Å². The summed E-state index contributed by atoms with van der Waals surface area (Å²) in [6.45, 7) is 6.22. The van der Waals surface area contributed by atoms with Crippen LogP contribution >= 0.6 is 35.3 Å². The van der Waals surface area contributed by atoms with E-state index in [4.69, 9.17) is 4.99 Å². The fourth-order valence-electron chi connectivity index (χ4n) is 3.57. The molecule has 23 heavy (non-hydrogen) atoms. The number of guanidine groups is 1. The smallest absolute Gasteiger partial charge is 0.191 e. The van der Waals surface area contributed by atoms with E-state index in [2.05, 4.69) is 39.3 Å². The molecule has 3 rings (SSSR count). The lowest BCUT2D eigenvalue weighted by molar-refractivity contribution is 0.242. The van der Waals surface area contributed by atoms with E-state index in [1.54, 1.807) is 11.3 Å². The maximum Gasteiger partial charge on any atom is 0.191 e. The molecule has 2 N–H and O–H groups in total. The lowest BCUT2D eigenvalue weighted by Gasteiger charge is -2.24. The Morgan fingerprint density at radius 2 is 2.17 bits per heavy atom. The quantitative estimate of drug-likeness (QED) is 0.412. The Balaban J connectivity index is 0.00000192. The number of nitrogens with one attached hydrogen (secondary N) is 2. The molecule has 0 radical (unpaired) electrons. The van der Waals surface area contributed by atoms with Gasteiger partial charge in [-0.1, -0.05) is 12.8 Å². The molecule has 0 aromatic carbocycles. The van der Waals surface area contributed by atoms with Crippen molar-refractivity contribution in [1.82, 2.24) is 15.5 Å². The van der Waals surface area contributed by atoms with E-state index in [1.807, 2.05) is 0 Å². The second kappa shape index (κ2) is 9.84. The van der Waals surface area contributed by atoms with Crippen LogP contribution in [0.15, 0.2) is 21.8 Å². The largest absolute Gasteiger partial charge is 0.357 e. The van der Waals surface area contributed by atoms with Gasteiger partial charge in [-0.15, -0.1) is 24.0 Å². The Labute approximate surface area is 161 Å². The number of thiophene rings is 1. The van der Waals surface area contributed by atoms with Gasteiger partial charge in [0.05, 0.1) is 6.54 Å². The van der Waals surface area contributed by atoms with Crippen molar-refractivity contribution in [2.24, 2.45) is 4.99 Å². The molecule has 2 fully saturated rings. The Hall–Kier alpha value is -0.340. The van der Waals surface area contributed by atoms with Crippen LogP contribution in [-0.4, -0.2) is 42.6 Å². The summed E-state index contributed by atoms with van der Waals surface area (Å²) in [5, 5.41) is 11.3. The van der Waals surface area contributed by atoms with Gasteiger partial charge in [-0.3, -0.25) is 4.90 Å². The van der Waals surface area contributed by atoms with Gasteiger partial charge in [0.15, 0.2) is 5.96 Å². The fourth-order valence-corrected chi connectivity index (χ4v) is 4.23. The number of aliphatic imine (C=N–C) groups is 1. The van der Waals surface area contributed by atoms with Crippen LogP contribution in [0.25, 0.3) is 0 Å². The first-order chi connectivity index (χ1) is 10.8. The summed E-state index contributed by atoms with van der Waals surface area (Å²) in [7, 11) is 0. The third-order valence-electron chi connectivity index (χ3n) is 4.75. The molecular weight excluding hydrogens is 419 g/mol. The summed E-state index contributed by atoms with van der Waals surface area (Å²) >= 11 is 1.74. The maximum absolute atomic E-state index is 4.72. The van der Waals surface area contributed by atoms with Gasteiger partial charge >= 0.3 is 0 Å². The molecule has 1 unspecified atom stereocenters. The van der Waals surface area contributed by atoms with E-state index >= 15 is 0 Å². The van der Waals surface area contributed by atoms with Crippen LogP contribution in [0.2, 0.25) is 0 Å². The number of likely N-dealkylation sites (tertiary alicyclic amines) is 1. The Kier molecular flexibility index (Phi) is 8.12. The molecule has 1 atom stereocenters. The summed E-state index contributed by atoms with van der Waals surface area (Å²) in [6, 6.07) is 3.53. The molecule has 6 heteroatoms. The standard InChI is InChI=1S/C17H28N4S.HI/c1-2-18-17(19-11-14-8-10-22-13-14)20-15-7-9-21(12-15)16-5-3-4-6-16;/h8,10,13,15-16H,2-7,9,11-12H2,1H3,(H2,18,19,20);1H. The fraction of sp³-hybridized carbons (Fsp3) is 0.706. The lowest BCUT2D eigenvalue weighted by atomic mass is 10.2. The summed E-state index contributed by atoms with van der Waals surface area (Å²) < 4.78 is 0. The van der Waals surface area contributed by atoms with Gasteiger partial charge in [-0.05, 0) is 48.6 Å². The van der Waals surface area contributed by atoms with Gasteiger partial charge in [-0.2, -0.15) is 11.3 Å². The zero-order valence-corrected chi connectivity index (χ0v) is 17.1.